The van der Waals surface area contributed by atoms with Crippen molar-refractivity contribution in [3.63, 3.8) is 0 Å². The van der Waals surface area contributed by atoms with E-state index in [4.69, 9.17) is 9.47 Å². The summed E-state index contributed by atoms with van der Waals surface area (Å²) in [6.07, 6.45) is 1.62. The lowest BCUT2D eigenvalue weighted by atomic mass is 10.0. The zero-order valence-electron chi connectivity index (χ0n) is 13.4. The quantitative estimate of drug-likeness (QED) is 0.750. The summed E-state index contributed by atoms with van der Waals surface area (Å²) in [7, 11) is 1.56. The Bertz CT molecular complexity index is 676. The molecule has 1 heterocycles. The first kappa shape index (κ1) is 17.7. The summed E-state index contributed by atoms with van der Waals surface area (Å²) in [5, 5.41) is 7.64. The minimum Gasteiger partial charge on any atom is -0.497 e. The Hall–Kier alpha value is -2.61. The van der Waals surface area contributed by atoms with Crippen molar-refractivity contribution >= 4 is 28.5 Å². The fraction of sp³-hybridized carbons (Fsp3) is 0.312. The number of carbonyl (C=O) groups is 2. The minimum atomic E-state index is -0.542. The number of esters is 1. The van der Waals surface area contributed by atoms with Gasteiger partial charge in [0.15, 0.2) is 5.13 Å². The molecule has 8 heteroatoms. The van der Waals surface area contributed by atoms with E-state index in [0.717, 1.165) is 5.56 Å². The van der Waals surface area contributed by atoms with E-state index in [1.165, 1.54) is 11.3 Å². The second-order valence-electron chi connectivity index (χ2n) is 4.77. The summed E-state index contributed by atoms with van der Waals surface area (Å²) >= 11 is 1.31. The highest BCUT2D eigenvalue weighted by Crippen LogP contribution is 2.22. The van der Waals surface area contributed by atoms with Gasteiger partial charge in [-0.2, -0.15) is 0 Å². The predicted octanol–water partition coefficient (Wildman–Crippen LogP) is 2.97. The van der Waals surface area contributed by atoms with E-state index in [9.17, 15) is 9.59 Å². The molecular formula is C16H19N3O4S. The van der Waals surface area contributed by atoms with Gasteiger partial charge in [0.2, 0.25) is 0 Å². The van der Waals surface area contributed by atoms with Crippen LogP contribution in [0.2, 0.25) is 0 Å². The molecule has 2 aromatic rings. The maximum Gasteiger partial charge on any atom is 0.321 e. The number of aromatic nitrogens is 1. The molecule has 0 saturated carbocycles. The predicted molar refractivity (Wildman–Crippen MR) is 91.3 cm³/mol. The molecule has 1 aromatic carbocycles. The Labute approximate surface area is 144 Å². The van der Waals surface area contributed by atoms with Gasteiger partial charge in [-0.3, -0.25) is 10.1 Å². The number of anilines is 1. The van der Waals surface area contributed by atoms with E-state index in [2.05, 4.69) is 15.6 Å². The Morgan fingerprint density at radius 2 is 2.21 bits per heavy atom. The van der Waals surface area contributed by atoms with Gasteiger partial charge in [0, 0.05) is 11.6 Å². The second kappa shape index (κ2) is 8.88. The Morgan fingerprint density at radius 1 is 1.38 bits per heavy atom. The third-order valence-electron chi connectivity index (χ3n) is 3.13. The first-order valence-electron chi connectivity index (χ1n) is 7.39. The van der Waals surface area contributed by atoms with Gasteiger partial charge in [-0.25, -0.2) is 9.78 Å². The highest BCUT2D eigenvalue weighted by molar-refractivity contribution is 7.13. The van der Waals surface area contributed by atoms with Crippen LogP contribution in [0.3, 0.4) is 0 Å². The molecule has 0 aliphatic rings. The van der Waals surface area contributed by atoms with Crippen molar-refractivity contribution < 1.29 is 19.1 Å². The van der Waals surface area contributed by atoms with Crippen LogP contribution in [0.5, 0.6) is 5.75 Å². The van der Waals surface area contributed by atoms with Crippen LogP contribution in [-0.2, 0) is 9.53 Å². The molecule has 2 N–H and O–H groups in total. The number of carbonyl (C=O) groups excluding carboxylic acids is 2. The highest BCUT2D eigenvalue weighted by Gasteiger charge is 2.20. The summed E-state index contributed by atoms with van der Waals surface area (Å²) in [6, 6.07) is 6.19. The SMILES string of the molecule is CCOC(=O)C[C@H](NC(=O)Nc1nccs1)c1cccc(OC)c1. The van der Waals surface area contributed by atoms with Gasteiger partial charge in [0.1, 0.15) is 5.75 Å². The van der Waals surface area contributed by atoms with Crippen molar-refractivity contribution in [1.29, 1.82) is 0 Å². The molecule has 0 unspecified atom stereocenters. The van der Waals surface area contributed by atoms with Gasteiger partial charge in [0.05, 0.1) is 26.2 Å². The molecule has 0 spiro atoms. The van der Waals surface area contributed by atoms with Gasteiger partial charge in [-0.15, -0.1) is 11.3 Å². The average Bonchev–Trinajstić information content (AvgIpc) is 3.07. The lowest BCUT2D eigenvalue weighted by Gasteiger charge is -2.19. The molecule has 7 nitrogen and oxygen atoms in total. The van der Waals surface area contributed by atoms with Crippen LogP contribution < -0.4 is 15.4 Å². The molecule has 0 saturated heterocycles. The summed E-state index contributed by atoms with van der Waals surface area (Å²) in [5.74, 6) is 0.253. The number of methoxy groups -OCH3 is 1. The van der Waals surface area contributed by atoms with Crippen LogP contribution >= 0.6 is 11.3 Å². The topological polar surface area (TPSA) is 89.5 Å². The average molecular weight is 349 g/mol. The number of rotatable bonds is 7. The van der Waals surface area contributed by atoms with Crippen LogP contribution in [-0.4, -0.2) is 30.7 Å². The number of ether oxygens (including phenoxy) is 2. The maximum atomic E-state index is 12.1. The highest BCUT2D eigenvalue weighted by atomic mass is 32.1. The van der Waals surface area contributed by atoms with E-state index < -0.39 is 12.1 Å². The maximum absolute atomic E-state index is 12.1. The molecule has 0 fully saturated rings. The van der Waals surface area contributed by atoms with E-state index in [0.29, 0.717) is 10.9 Å². The molecule has 2 amide bonds. The summed E-state index contributed by atoms with van der Waals surface area (Å²) < 4.78 is 10.2. The van der Waals surface area contributed by atoms with Gasteiger partial charge >= 0.3 is 12.0 Å². The summed E-state index contributed by atoms with van der Waals surface area (Å²) in [6.45, 7) is 2.02. The van der Waals surface area contributed by atoms with Crippen molar-refractivity contribution in [3.8, 4) is 5.75 Å². The molecule has 1 aromatic heterocycles. The molecule has 0 radical (unpaired) electrons. The van der Waals surface area contributed by atoms with Crippen molar-refractivity contribution in [3.05, 3.63) is 41.4 Å². The van der Waals surface area contributed by atoms with Gasteiger partial charge in [-0.1, -0.05) is 12.1 Å². The largest absolute Gasteiger partial charge is 0.497 e. The van der Waals surface area contributed by atoms with Crippen LogP contribution in [0.15, 0.2) is 35.8 Å². The third kappa shape index (κ3) is 5.24. The molecule has 1 atom stereocenters. The van der Waals surface area contributed by atoms with E-state index in [-0.39, 0.29) is 19.0 Å². The van der Waals surface area contributed by atoms with Crippen LogP contribution in [0.25, 0.3) is 0 Å². The number of amides is 2. The Balaban J connectivity index is 2.12. The fourth-order valence-electron chi connectivity index (χ4n) is 2.07. The number of urea groups is 1. The van der Waals surface area contributed by atoms with Crippen molar-refractivity contribution in [2.75, 3.05) is 19.0 Å². The number of hydrogen-bond donors (Lipinski definition) is 2. The Kier molecular flexibility index (Phi) is 6.56. The number of nitrogens with one attached hydrogen (secondary N) is 2. The molecule has 0 aliphatic carbocycles. The zero-order valence-corrected chi connectivity index (χ0v) is 14.3. The van der Waals surface area contributed by atoms with Gasteiger partial charge < -0.3 is 14.8 Å². The van der Waals surface area contributed by atoms with Crippen molar-refractivity contribution in [1.82, 2.24) is 10.3 Å². The molecule has 24 heavy (non-hydrogen) atoms. The van der Waals surface area contributed by atoms with Crippen molar-refractivity contribution in [2.24, 2.45) is 0 Å². The normalized spacial score (nSPS) is 11.4. The minimum absolute atomic E-state index is 0.0201. The lowest BCUT2D eigenvalue weighted by Crippen LogP contribution is -2.34. The zero-order chi connectivity index (χ0) is 17.4. The molecule has 128 valence electrons. The monoisotopic (exact) mass is 349 g/mol. The number of nitrogens with zero attached hydrogens (tertiary/aromatic N) is 1. The molecule has 0 aliphatic heterocycles. The lowest BCUT2D eigenvalue weighted by molar-refractivity contribution is -0.143. The number of benzene rings is 1. The third-order valence-corrected chi connectivity index (χ3v) is 3.82. The van der Waals surface area contributed by atoms with Gasteiger partial charge in [-0.05, 0) is 24.6 Å². The smallest absolute Gasteiger partial charge is 0.321 e. The molecule has 2 rings (SSSR count). The second-order valence-corrected chi connectivity index (χ2v) is 5.67. The fourth-order valence-corrected chi connectivity index (χ4v) is 2.60. The standard InChI is InChI=1S/C16H19N3O4S/c1-3-23-14(20)10-13(11-5-4-6-12(9-11)22-2)18-15(21)19-16-17-7-8-24-16/h4-9,13H,3,10H2,1-2H3,(H2,17,18,19,21)/t13-/m0/s1. The number of hydrogen-bond acceptors (Lipinski definition) is 6. The van der Waals surface area contributed by atoms with Crippen LogP contribution in [0.4, 0.5) is 9.93 Å². The summed E-state index contributed by atoms with van der Waals surface area (Å²) in [5.41, 5.74) is 0.747. The summed E-state index contributed by atoms with van der Waals surface area (Å²) in [4.78, 5) is 28.0. The van der Waals surface area contributed by atoms with Crippen LogP contribution in [0.1, 0.15) is 24.9 Å². The number of thiazole rings is 1. The van der Waals surface area contributed by atoms with Crippen molar-refractivity contribution in [2.45, 2.75) is 19.4 Å². The van der Waals surface area contributed by atoms with E-state index >= 15 is 0 Å². The van der Waals surface area contributed by atoms with Gasteiger partial charge in [0.25, 0.3) is 0 Å². The van der Waals surface area contributed by atoms with E-state index in [1.54, 1.807) is 43.8 Å². The molecular weight excluding hydrogens is 330 g/mol. The molecule has 0 bridgehead atoms. The van der Waals surface area contributed by atoms with E-state index in [1.807, 2.05) is 6.07 Å². The Morgan fingerprint density at radius 3 is 2.88 bits per heavy atom. The van der Waals surface area contributed by atoms with Crippen LogP contribution in [0, 0.1) is 0 Å². The first-order valence-corrected chi connectivity index (χ1v) is 8.27. The first-order chi connectivity index (χ1) is 11.6.